The molecule has 0 aliphatic carbocycles. The summed E-state index contributed by atoms with van der Waals surface area (Å²) in [5, 5.41) is 5.39. The third kappa shape index (κ3) is 3.67. The summed E-state index contributed by atoms with van der Waals surface area (Å²) in [6.07, 6.45) is 0.337. The van der Waals surface area contributed by atoms with E-state index in [9.17, 15) is 9.18 Å². The largest absolute Gasteiger partial charge is 0.324 e. The zero-order chi connectivity index (χ0) is 11.3. The van der Waals surface area contributed by atoms with E-state index in [1.54, 1.807) is 19.2 Å². The number of carbonyl (C=O) groups excluding carboxylic acids is 1. The van der Waals surface area contributed by atoms with Gasteiger partial charge in [-0.25, -0.2) is 4.39 Å². The summed E-state index contributed by atoms with van der Waals surface area (Å²) in [4.78, 5) is 11.3. The maximum atomic E-state index is 13.2. The molecule has 0 fully saturated rings. The van der Waals surface area contributed by atoms with Gasteiger partial charge in [-0.2, -0.15) is 0 Å². The molecule has 2 N–H and O–H groups in total. The van der Waals surface area contributed by atoms with Crippen molar-refractivity contribution in [3.8, 4) is 0 Å². The first-order chi connectivity index (χ1) is 7.13. The first-order valence-electron chi connectivity index (χ1n) is 4.84. The molecule has 1 rings (SSSR count). The van der Waals surface area contributed by atoms with Gasteiger partial charge in [-0.3, -0.25) is 4.79 Å². The maximum Gasteiger partial charge on any atom is 0.225 e. The fourth-order valence-electron chi connectivity index (χ4n) is 1.19. The topological polar surface area (TPSA) is 41.1 Å². The number of carbonyl (C=O) groups is 1. The average molecular weight is 210 g/mol. The number of hydrogen-bond acceptors (Lipinski definition) is 2. The lowest BCUT2D eigenvalue weighted by atomic mass is 10.2. The summed E-state index contributed by atoms with van der Waals surface area (Å²) < 4.78 is 13.2. The van der Waals surface area contributed by atoms with Crippen LogP contribution in [0.4, 0.5) is 10.1 Å². The molecule has 0 aliphatic rings. The molecule has 0 heterocycles. The minimum absolute atomic E-state index is 0.186. The van der Waals surface area contributed by atoms with E-state index in [-0.39, 0.29) is 11.6 Å². The molecule has 3 nitrogen and oxygen atoms in total. The van der Waals surface area contributed by atoms with Gasteiger partial charge in [0.25, 0.3) is 0 Å². The van der Waals surface area contributed by atoms with Crippen molar-refractivity contribution in [2.24, 2.45) is 0 Å². The predicted octanol–water partition coefficient (Wildman–Crippen LogP) is 1.68. The van der Waals surface area contributed by atoms with Gasteiger partial charge in [-0.1, -0.05) is 6.07 Å². The second kappa shape index (κ2) is 5.46. The molecule has 0 aromatic heterocycles. The van der Waals surface area contributed by atoms with Gasteiger partial charge in [0.15, 0.2) is 0 Å². The highest BCUT2D eigenvalue weighted by Crippen LogP contribution is 2.15. The Hall–Kier alpha value is -1.42. The van der Waals surface area contributed by atoms with Gasteiger partial charge in [0.1, 0.15) is 5.82 Å². The fourth-order valence-corrected chi connectivity index (χ4v) is 1.19. The van der Waals surface area contributed by atoms with E-state index in [4.69, 9.17) is 0 Å². The highest BCUT2D eigenvalue weighted by molar-refractivity contribution is 5.91. The van der Waals surface area contributed by atoms with Crippen LogP contribution in [-0.2, 0) is 4.79 Å². The summed E-state index contributed by atoms with van der Waals surface area (Å²) in [5.41, 5.74) is 1.16. The zero-order valence-electron chi connectivity index (χ0n) is 8.93. The van der Waals surface area contributed by atoms with Gasteiger partial charge < -0.3 is 10.6 Å². The lowest BCUT2D eigenvalue weighted by Gasteiger charge is -2.06. The number of amides is 1. The molecule has 0 unspecified atom stereocenters. The summed E-state index contributed by atoms with van der Waals surface area (Å²) in [5.74, 6) is -0.591. The first kappa shape index (κ1) is 11.7. The molecular formula is C11H15FN2O. The van der Waals surface area contributed by atoms with Crippen molar-refractivity contribution in [1.29, 1.82) is 0 Å². The van der Waals surface area contributed by atoms with E-state index >= 15 is 0 Å². The van der Waals surface area contributed by atoms with Gasteiger partial charge in [-0.15, -0.1) is 0 Å². The molecule has 0 saturated heterocycles. The molecule has 0 bridgehead atoms. The number of nitrogens with one attached hydrogen (secondary N) is 2. The molecular weight excluding hydrogens is 195 g/mol. The summed E-state index contributed by atoms with van der Waals surface area (Å²) in [6.45, 7) is 2.43. The van der Waals surface area contributed by atoms with E-state index in [1.165, 1.54) is 6.07 Å². The van der Waals surface area contributed by atoms with Crippen molar-refractivity contribution < 1.29 is 9.18 Å². The predicted molar refractivity (Wildman–Crippen MR) is 58.3 cm³/mol. The SMILES string of the molecule is CNCCC(=O)Nc1cc(C)ccc1F. The molecule has 0 aliphatic heterocycles. The molecule has 4 heteroatoms. The summed E-state index contributed by atoms with van der Waals surface area (Å²) >= 11 is 0. The lowest BCUT2D eigenvalue weighted by molar-refractivity contribution is -0.116. The lowest BCUT2D eigenvalue weighted by Crippen LogP contribution is -2.19. The van der Waals surface area contributed by atoms with Gasteiger partial charge >= 0.3 is 0 Å². The van der Waals surface area contributed by atoms with Crippen LogP contribution < -0.4 is 10.6 Å². The highest BCUT2D eigenvalue weighted by atomic mass is 19.1. The molecule has 0 saturated carbocycles. The second-order valence-electron chi connectivity index (χ2n) is 3.39. The van der Waals surface area contributed by atoms with Crippen LogP contribution in [0.1, 0.15) is 12.0 Å². The van der Waals surface area contributed by atoms with Crippen molar-refractivity contribution >= 4 is 11.6 Å². The van der Waals surface area contributed by atoms with Crippen LogP contribution in [0, 0.1) is 12.7 Å². The van der Waals surface area contributed by atoms with Crippen molar-refractivity contribution in [2.75, 3.05) is 18.9 Å². The Morgan fingerprint density at radius 1 is 1.47 bits per heavy atom. The molecule has 0 radical (unpaired) electrons. The highest BCUT2D eigenvalue weighted by Gasteiger charge is 2.06. The third-order valence-electron chi connectivity index (χ3n) is 2.00. The van der Waals surface area contributed by atoms with Gasteiger partial charge in [0.05, 0.1) is 5.69 Å². The Morgan fingerprint density at radius 2 is 2.20 bits per heavy atom. The number of halogens is 1. The Kier molecular flexibility index (Phi) is 4.24. The Morgan fingerprint density at radius 3 is 2.87 bits per heavy atom. The maximum absolute atomic E-state index is 13.2. The molecule has 1 aromatic carbocycles. The van der Waals surface area contributed by atoms with E-state index in [0.717, 1.165) is 5.56 Å². The molecule has 0 spiro atoms. The van der Waals surface area contributed by atoms with E-state index in [0.29, 0.717) is 13.0 Å². The molecule has 0 atom stereocenters. The summed E-state index contributed by atoms with van der Waals surface area (Å²) in [7, 11) is 1.76. The van der Waals surface area contributed by atoms with Crippen molar-refractivity contribution in [3.05, 3.63) is 29.6 Å². The quantitative estimate of drug-likeness (QED) is 0.794. The first-order valence-corrected chi connectivity index (χ1v) is 4.84. The summed E-state index contributed by atoms with van der Waals surface area (Å²) in [6, 6.07) is 4.63. The van der Waals surface area contributed by atoms with Crippen LogP contribution in [0.5, 0.6) is 0 Å². The molecule has 1 aromatic rings. The number of hydrogen-bond donors (Lipinski definition) is 2. The van der Waals surface area contributed by atoms with Crippen LogP contribution in [0.2, 0.25) is 0 Å². The van der Waals surface area contributed by atoms with E-state index in [2.05, 4.69) is 10.6 Å². The van der Waals surface area contributed by atoms with Crippen LogP contribution in [0.15, 0.2) is 18.2 Å². The van der Waals surface area contributed by atoms with Crippen molar-refractivity contribution in [3.63, 3.8) is 0 Å². The Balaban J connectivity index is 2.63. The molecule has 1 amide bonds. The van der Waals surface area contributed by atoms with Gasteiger partial charge in [-0.05, 0) is 31.7 Å². The van der Waals surface area contributed by atoms with E-state index in [1.807, 2.05) is 6.92 Å². The minimum Gasteiger partial charge on any atom is -0.324 e. The number of anilines is 1. The van der Waals surface area contributed by atoms with Crippen molar-refractivity contribution in [2.45, 2.75) is 13.3 Å². The van der Waals surface area contributed by atoms with E-state index < -0.39 is 5.82 Å². The average Bonchev–Trinajstić information content (AvgIpc) is 2.20. The van der Waals surface area contributed by atoms with Crippen LogP contribution in [0.25, 0.3) is 0 Å². The van der Waals surface area contributed by atoms with Crippen LogP contribution in [0.3, 0.4) is 0 Å². The van der Waals surface area contributed by atoms with Crippen molar-refractivity contribution in [1.82, 2.24) is 5.32 Å². The molecule has 15 heavy (non-hydrogen) atoms. The minimum atomic E-state index is -0.404. The van der Waals surface area contributed by atoms with Crippen LogP contribution >= 0.6 is 0 Å². The monoisotopic (exact) mass is 210 g/mol. The standard InChI is InChI=1S/C11H15FN2O/c1-8-3-4-9(12)10(7-8)14-11(15)5-6-13-2/h3-4,7,13H,5-6H2,1-2H3,(H,14,15). The number of aryl methyl sites for hydroxylation is 1. The van der Waals surface area contributed by atoms with Crippen LogP contribution in [-0.4, -0.2) is 19.5 Å². The molecule has 82 valence electrons. The van der Waals surface area contributed by atoms with Gasteiger partial charge in [0, 0.05) is 13.0 Å². The van der Waals surface area contributed by atoms with Gasteiger partial charge in [0.2, 0.25) is 5.91 Å². The number of benzene rings is 1. The Labute approximate surface area is 88.7 Å². The third-order valence-corrected chi connectivity index (χ3v) is 2.00. The second-order valence-corrected chi connectivity index (χ2v) is 3.39. The normalized spacial score (nSPS) is 10.1. The zero-order valence-corrected chi connectivity index (χ0v) is 8.93. The Bertz CT molecular complexity index is 352. The smallest absolute Gasteiger partial charge is 0.225 e. The number of rotatable bonds is 4. The fraction of sp³-hybridized carbons (Fsp3) is 0.364.